The highest BCUT2D eigenvalue weighted by molar-refractivity contribution is 5.38. The summed E-state index contributed by atoms with van der Waals surface area (Å²) < 4.78 is 144. The molecule has 0 spiro atoms. The van der Waals surface area contributed by atoms with Gasteiger partial charge < -0.3 is 4.74 Å². The molecular weight excluding hydrogens is 419 g/mol. The third-order valence-corrected chi connectivity index (χ3v) is 2.61. The third kappa shape index (κ3) is 4.67. The van der Waals surface area contributed by atoms with Gasteiger partial charge in [-0.1, -0.05) is 0 Å². The molecule has 1 aromatic carbocycles. The van der Waals surface area contributed by atoms with Crippen molar-refractivity contribution in [3.63, 3.8) is 0 Å². The molecule has 0 heterocycles. The summed E-state index contributed by atoms with van der Waals surface area (Å²) in [7, 11) is 0. The summed E-state index contributed by atoms with van der Waals surface area (Å²) >= 11 is 0. The van der Waals surface area contributed by atoms with Gasteiger partial charge in [0, 0.05) is 12.1 Å². The smallest absolute Gasteiger partial charge is 0.428 e. The predicted octanol–water partition coefficient (Wildman–Crippen LogP) is 4.81. The van der Waals surface area contributed by atoms with Gasteiger partial charge in [-0.15, -0.1) is 0 Å². The van der Waals surface area contributed by atoms with Crippen LogP contribution in [0.25, 0.3) is 0 Å². The minimum absolute atomic E-state index is 0.124. The van der Waals surface area contributed by atoms with Gasteiger partial charge in [-0.25, -0.2) is 4.39 Å². The maximum Gasteiger partial charge on any atom is 0.462 e. The molecule has 0 amide bonds. The van der Waals surface area contributed by atoms with E-state index in [4.69, 9.17) is 0 Å². The molecule has 0 aliphatic heterocycles. The second kappa shape index (κ2) is 6.97. The zero-order valence-electron chi connectivity index (χ0n) is 12.0. The molecule has 0 aliphatic rings. The molecule has 0 bridgehead atoms. The van der Waals surface area contributed by atoms with E-state index in [2.05, 4.69) is 9.47 Å². The van der Waals surface area contributed by atoms with Gasteiger partial charge in [0.15, 0.2) is 0 Å². The molecule has 27 heavy (non-hydrogen) atoms. The van der Waals surface area contributed by atoms with Gasteiger partial charge in [0.05, 0.1) is 4.92 Å². The van der Waals surface area contributed by atoms with Crippen molar-refractivity contribution in [2.75, 3.05) is 0 Å². The lowest BCUT2D eigenvalue weighted by Gasteiger charge is -2.30. The van der Waals surface area contributed by atoms with Crippen molar-refractivity contribution in [3.8, 4) is 5.75 Å². The van der Waals surface area contributed by atoms with Gasteiger partial charge in [0.1, 0.15) is 5.75 Å². The van der Waals surface area contributed by atoms with Crippen molar-refractivity contribution in [2.24, 2.45) is 0 Å². The van der Waals surface area contributed by atoms with Crippen LogP contribution in [0.3, 0.4) is 0 Å². The van der Waals surface area contributed by atoms with E-state index in [1.54, 1.807) is 0 Å². The van der Waals surface area contributed by atoms with E-state index in [0.717, 1.165) is 0 Å². The van der Waals surface area contributed by atoms with E-state index >= 15 is 0 Å². The van der Waals surface area contributed by atoms with Crippen molar-refractivity contribution in [2.45, 2.75) is 30.7 Å². The fraction of sp³-hybridized carbons (Fsp3) is 0.455. The number of hydrogen-bond donors (Lipinski definition) is 0. The fourth-order valence-electron chi connectivity index (χ4n) is 1.34. The molecule has 0 radical (unpaired) electrons. The van der Waals surface area contributed by atoms with Gasteiger partial charge in [0.25, 0.3) is 0 Å². The number of rotatable bonds is 7. The number of halogens is 11. The number of nitro benzene ring substituents is 1. The molecule has 1 rings (SSSR count). The number of alkyl halides is 10. The Morgan fingerprint density at radius 2 is 1.52 bits per heavy atom. The predicted molar refractivity (Wildman–Crippen MR) is 60.6 cm³/mol. The largest absolute Gasteiger partial charge is 0.462 e. The summed E-state index contributed by atoms with van der Waals surface area (Å²) in [5.74, 6) is -10.3. The minimum atomic E-state index is -7.04. The Kier molecular flexibility index (Phi) is 5.85. The van der Waals surface area contributed by atoms with Crippen molar-refractivity contribution in [1.29, 1.82) is 0 Å². The minimum Gasteiger partial charge on any atom is -0.428 e. The highest BCUT2D eigenvalue weighted by atomic mass is 19.4. The Balaban J connectivity index is 3.01. The van der Waals surface area contributed by atoms with Crippen molar-refractivity contribution < 1.29 is 62.7 Å². The number of hydrogen-bond acceptors (Lipinski definition) is 4. The molecule has 0 N–H and O–H groups in total. The van der Waals surface area contributed by atoms with Crippen LogP contribution in [0.1, 0.15) is 0 Å². The average molecular weight is 423 g/mol. The topological polar surface area (TPSA) is 61.6 Å². The van der Waals surface area contributed by atoms with E-state index in [1.165, 1.54) is 0 Å². The van der Waals surface area contributed by atoms with Crippen molar-refractivity contribution in [3.05, 3.63) is 34.1 Å². The molecule has 0 fully saturated rings. The van der Waals surface area contributed by atoms with Crippen molar-refractivity contribution in [1.82, 2.24) is 0 Å². The standard InChI is InChI=1S/C11H4F11NO4/c12-5-3-4(1-2-6(5)23(24)25)26-8(14,15)7(13)27-11(21,22)9(16,17)10(18,19)20/h1-3,7H. The van der Waals surface area contributed by atoms with Gasteiger partial charge in [0.2, 0.25) is 5.82 Å². The first-order valence-corrected chi connectivity index (χ1v) is 6.07. The maximum atomic E-state index is 13.3. The molecule has 16 heteroatoms. The Morgan fingerprint density at radius 1 is 1.00 bits per heavy atom. The zero-order chi connectivity index (χ0) is 21.4. The average Bonchev–Trinajstić information content (AvgIpc) is 2.44. The number of benzene rings is 1. The van der Waals surface area contributed by atoms with Crippen LogP contribution in [0.15, 0.2) is 18.2 Å². The van der Waals surface area contributed by atoms with E-state index in [0.29, 0.717) is 0 Å². The fourth-order valence-corrected chi connectivity index (χ4v) is 1.34. The van der Waals surface area contributed by atoms with Gasteiger partial charge in [-0.3, -0.25) is 14.9 Å². The Morgan fingerprint density at radius 3 is 1.93 bits per heavy atom. The van der Waals surface area contributed by atoms with Crippen LogP contribution in [0.5, 0.6) is 5.75 Å². The van der Waals surface area contributed by atoms with E-state index in [1.807, 2.05) is 0 Å². The number of nitrogens with zero attached hydrogens (tertiary/aromatic N) is 1. The first-order chi connectivity index (χ1) is 11.9. The molecule has 154 valence electrons. The second-order valence-corrected chi connectivity index (χ2v) is 4.56. The van der Waals surface area contributed by atoms with Gasteiger partial charge in [-0.2, -0.15) is 43.9 Å². The normalized spacial score (nSPS) is 14.8. The first kappa shape index (κ1) is 22.7. The third-order valence-electron chi connectivity index (χ3n) is 2.61. The van der Waals surface area contributed by atoms with Crippen LogP contribution in [0, 0.1) is 15.9 Å². The second-order valence-electron chi connectivity index (χ2n) is 4.56. The van der Waals surface area contributed by atoms with E-state index in [-0.39, 0.29) is 18.2 Å². The summed E-state index contributed by atoms with van der Waals surface area (Å²) in [5, 5.41) is 10.3. The van der Waals surface area contributed by atoms with Crippen LogP contribution in [-0.4, -0.2) is 35.6 Å². The molecule has 5 nitrogen and oxygen atoms in total. The van der Waals surface area contributed by atoms with Gasteiger partial charge >= 0.3 is 36.4 Å². The molecule has 0 aliphatic carbocycles. The molecule has 0 saturated carbocycles. The monoisotopic (exact) mass is 423 g/mol. The van der Waals surface area contributed by atoms with Crippen LogP contribution < -0.4 is 4.74 Å². The summed E-state index contributed by atoms with van der Waals surface area (Å²) in [6, 6.07) is 0.354. The molecule has 1 atom stereocenters. The van der Waals surface area contributed by atoms with Crippen LogP contribution >= 0.6 is 0 Å². The molecule has 0 saturated heterocycles. The van der Waals surface area contributed by atoms with E-state index < -0.39 is 52.9 Å². The highest BCUT2D eigenvalue weighted by Gasteiger charge is 2.76. The van der Waals surface area contributed by atoms with Gasteiger partial charge in [-0.05, 0) is 6.07 Å². The van der Waals surface area contributed by atoms with Crippen LogP contribution in [0.4, 0.5) is 54.0 Å². The summed E-state index contributed by atoms with van der Waals surface area (Å²) in [6.07, 6.45) is -24.2. The summed E-state index contributed by atoms with van der Waals surface area (Å²) in [5.41, 5.74) is -1.25. The first-order valence-electron chi connectivity index (χ1n) is 6.07. The Hall–Kier alpha value is -2.39. The lowest BCUT2D eigenvalue weighted by Crippen LogP contribution is -2.56. The lowest BCUT2D eigenvalue weighted by atomic mass is 10.3. The SMILES string of the molecule is O=[N+]([O-])c1ccc(OC(F)(F)C(F)OC(F)(F)C(F)(F)C(F)(F)F)cc1F. The summed E-state index contributed by atoms with van der Waals surface area (Å²) in [6.45, 7) is 0. The maximum absolute atomic E-state index is 13.3. The van der Waals surface area contributed by atoms with Crippen LogP contribution in [-0.2, 0) is 4.74 Å². The molecule has 0 aromatic heterocycles. The van der Waals surface area contributed by atoms with Crippen LogP contribution in [0.2, 0.25) is 0 Å². The Bertz CT molecular complexity index is 706. The number of nitro groups is 1. The lowest BCUT2D eigenvalue weighted by molar-refractivity contribution is -0.460. The molecular formula is C11H4F11NO4. The summed E-state index contributed by atoms with van der Waals surface area (Å²) in [4.78, 5) is 9.00. The molecule has 1 aromatic rings. The molecule has 1 unspecified atom stereocenters. The highest BCUT2D eigenvalue weighted by Crippen LogP contribution is 2.48. The van der Waals surface area contributed by atoms with E-state index in [9.17, 15) is 58.4 Å². The quantitative estimate of drug-likeness (QED) is 0.359. The number of ether oxygens (including phenoxy) is 2. The Labute approximate surface area is 140 Å². The zero-order valence-corrected chi connectivity index (χ0v) is 12.0. The van der Waals surface area contributed by atoms with Crippen molar-refractivity contribution >= 4 is 5.69 Å².